The van der Waals surface area contributed by atoms with Crippen molar-refractivity contribution in [3.05, 3.63) is 0 Å². The van der Waals surface area contributed by atoms with Gasteiger partial charge >= 0.3 is 0 Å². The molecule has 0 heterocycles. The summed E-state index contributed by atoms with van der Waals surface area (Å²) in [7, 11) is 0. The number of rotatable bonds is 0. The van der Waals surface area contributed by atoms with E-state index in [4.69, 9.17) is 5.73 Å². The van der Waals surface area contributed by atoms with Crippen LogP contribution in [-0.2, 0) is 0 Å². The number of hydrogen-bond donors (Lipinski definition) is 1. The maximum atomic E-state index is 10.6. The first-order chi connectivity index (χ1) is 3.79. The molecule has 0 atom stereocenters. The first kappa shape index (κ1) is 6.05. The Balaban J connectivity index is 2.19. The summed E-state index contributed by atoms with van der Waals surface area (Å²) in [6, 6.07) is 0.320. The molecule has 2 nitrogen and oxygen atoms in total. The monoisotopic (exact) mass is 114 g/mol. The van der Waals surface area contributed by atoms with E-state index in [1.807, 2.05) is 0 Å². The van der Waals surface area contributed by atoms with E-state index in [0.717, 1.165) is 25.7 Å². The zero-order valence-electron chi connectivity index (χ0n) is 4.97. The lowest BCUT2D eigenvalue weighted by atomic mass is 9.94. The predicted octanol–water partition coefficient (Wildman–Crippen LogP) is -0.383. The van der Waals surface area contributed by atoms with Gasteiger partial charge in [0, 0.05) is 6.04 Å². The Morgan fingerprint density at radius 3 is 2.00 bits per heavy atom. The summed E-state index contributed by atoms with van der Waals surface area (Å²) in [5.41, 5.74) is 5.56. The molecule has 0 aromatic carbocycles. The van der Waals surface area contributed by atoms with Crippen molar-refractivity contribution in [2.24, 2.45) is 5.73 Å². The molecule has 0 aromatic heterocycles. The molecule has 0 radical (unpaired) electrons. The average Bonchev–Trinajstić information content (AvgIpc) is 1.77. The second-order valence-corrected chi connectivity index (χ2v) is 2.54. The van der Waals surface area contributed by atoms with E-state index in [0.29, 0.717) is 6.04 Å². The smallest absolute Gasteiger partial charge is 0.00380 e. The predicted molar refractivity (Wildman–Crippen MR) is 30.2 cm³/mol. The van der Waals surface area contributed by atoms with Crippen LogP contribution in [0.1, 0.15) is 25.7 Å². The van der Waals surface area contributed by atoms with E-state index in [2.05, 4.69) is 0 Å². The summed E-state index contributed by atoms with van der Waals surface area (Å²) >= 11 is 0. The standard InChI is InChI=1S/C6H12NO/c7-5-1-3-6(8)4-2-5/h5-6H,1-4,7H2/q-1. The third kappa shape index (κ3) is 1.46. The summed E-state index contributed by atoms with van der Waals surface area (Å²) in [4.78, 5) is 0. The maximum Gasteiger partial charge on any atom is 0.00380 e. The van der Waals surface area contributed by atoms with Gasteiger partial charge in [-0.1, -0.05) is 12.8 Å². The Hall–Kier alpha value is -0.0800. The molecular weight excluding hydrogens is 102 g/mol. The minimum atomic E-state index is -0.310. The zero-order valence-corrected chi connectivity index (χ0v) is 4.97. The van der Waals surface area contributed by atoms with Gasteiger partial charge in [0.1, 0.15) is 0 Å². The fourth-order valence-corrected chi connectivity index (χ4v) is 1.09. The van der Waals surface area contributed by atoms with E-state index >= 15 is 0 Å². The molecule has 1 aliphatic carbocycles. The van der Waals surface area contributed by atoms with Gasteiger partial charge < -0.3 is 10.8 Å². The summed E-state index contributed by atoms with van der Waals surface area (Å²) in [5, 5.41) is 10.6. The van der Waals surface area contributed by atoms with Gasteiger partial charge in [-0.2, -0.15) is 0 Å². The van der Waals surface area contributed by atoms with Gasteiger partial charge in [-0.3, -0.25) is 0 Å². The summed E-state index contributed by atoms with van der Waals surface area (Å²) in [6.45, 7) is 0. The molecule has 0 saturated heterocycles. The van der Waals surface area contributed by atoms with Crippen LogP contribution in [0.5, 0.6) is 0 Å². The highest BCUT2D eigenvalue weighted by atomic mass is 16.3. The van der Waals surface area contributed by atoms with Crippen LogP contribution in [0.2, 0.25) is 0 Å². The van der Waals surface area contributed by atoms with Crippen LogP contribution in [-0.4, -0.2) is 12.1 Å². The van der Waals surface area contributed by atoms with E-state index in [9.17, 15) is 5.11 Å². The molecular formula is C6H12NO-. The molecule has 48 valence electrons. The third-order valence-electron chi connectivity index (χ3n) is 1.72. The van der Waals surface area contributed by atoms with Gasteiger partial charge in [0.05, 0.1) is 0 Å². The van der Waals surface area contributed by atoms with Gasteiger partial charge in [-0.15, -0.1) is 6.10 Å². The van der Waals surface area contributed by atoms with Crippen molar-refractivity contribution in [3.63, 3.8) is 0 Å². The van der Waals surface area contributed by atoms with Crippen LogP contribution in [0.25, 0.3) is 0 Å². The SMILES string of the molecule is NC1CCC([O-])CC1. The van der Waals surface area contributed by atoms with E-state index in [-0.39, 0.29) is 6.10 Å². The first-order valence-corrected chi connectivity index (χ1v) is 3.20. The van der Waals surface area contributed by atoms with Crippen LogP contribution in [0.4, 0.5) is 0 Å². The lowest BCUT2D eigenvalue weighted by Gasteiger charge is -2.29. The van der Waals surface area contributed by atoms with Crippen LogP contribution in [0.3, 0.4) is 0 Å². The van der Waals surface area contributed by atoms with Gasteiger partial charge in [0.2, 0.25) is 0 Å². The molecule has 0 spiro atoms. The van der Waals surface area contributed by atoms with Crippen molar-refractivity contribution in [1.29, 1.82) is 0 Å². The summed E-state index contributed by atoms with van der Waals surface area (Å²) in [5.74, 6) is 0. The number of hydrogen-bond acceptors (Lipinski definition) is 2. The zero-order chi connectivity index (χ0) is 5.98. The van der Waals surface area contributed by atoms with Gasteiger partial charge in [-0.05, 0) is 12.8 Å². The molecule has 1 aliphatic rings. The van der Waals surface area contributed by atoms with Crippen molar-refractivity contribution in [2.45, 2.75) is 37.8 Å². The van der Waals surface area contributed by atoms with Crippen molar-refractivity contribution < 1.29 is 5.11 Å². The largest absolute Gasteiger partial charge is 0.852 e. The molecule has 2 N–H and O–H groups in total. The van der Waals surface area contributed by atoms with Crippen molar-refractivity contribution in [2.75, 3.05) is 0 Å². The lowest BCUT2D eigenvalue weighted by molar-refractivity contribution is -0.425. The Morgan fingerprint density at radius 1 is 1.12 bits per heavy atom. The van der Waals surface area contributed by atoms with Crippen LogP contribution in [0.15, 0.2) is 0 Å². The molecule has 0 aromatic rings. The minimum Gasteiger partial charge on any atom is -0.852 e. The van der Waals surface area contributed by atoms with Gasteiger partial charge in [0.25, 0.3) is 0 Å². The van der Waals surface area contributed by atoms with E-state index < -0.39 is 0 Å². The molecule has 0 bridgehead atoms. The minimum absolute atomic E-state index is 0.310. The normalized spacial score (nSPS) is 39.8. The second kappa shape index (κ2) is 2.46. The molecule has 0 aliphatic heterocycles. The summed E-state index contributed by atoms with van der Waals surface area (Å²) in [6.07, 6.45) is 3.15. The Bertz CT molecular complexity index is 56.9. The highest BCUT2D eigenvalue weighted by Crippen LogP contribution is 2.13. The molecule has 1 rings (SSSR count). The van der Waals surface area contributed by atoms with Gasteiger partial charge in [0.15, 0.2) is 0 Å². The Labute approximate surface area is 49.7 Å². The van der Waals surface area contributed by atoms with Crippen LogP contribution >= 0.6 is 0 Å². The third-order valence-corrected chi connectivity index (χ3v) is 1.72. The molecule has 0 amide bonds. The molecule has 1 fully saturated rings. The van der Waals surface area contributed by atoms with Crippen molar-refractivity contribution >= 4 is 0 Å². The quantitative estimate of drug-likeness (QED) is 0.466. The average molecular weight is 114 g/mol. The van der Waals surface area contributed by atoms with Crippen LogP contribution in [0, 0.1) is 0 Å². The highest BCUT2D eigenvalue weighted by molar-refractivity contribution is 4.71. The first-order valence-electron chi connectivity index (χ1n) is 3.20. The van der Waals surface area contributed by atoms with E-state index in [1.165, 1.54) is 0 Å². The second-order valence-electron chi connectivity index (χ2n) is 2.54. The molecule has 1 saturated carbocycles. The highest BCUT2D eigenvalue weighted by Gasteiger charge is 2.09. The maximum absolute atomic E-state index is 10.6. The Kier molecular flexibility index (Phi) is 1.86. The van der Waals surface area contributed by atoms with Gasteiger partial charge in [-0.25, -0.2) is 0 Å². The Morgan fingerprint density at radius 2 is 1.62 bits per heavy atom. The van der Waals surface area contributed by atoms with Crippen molar-refractivity contribution in [3.8, 4) is 0 Å². The molecule has 0 unspecified atom stereocenters. The number of nitrogens with two attached hydrogens (primary N) is 1. The fraction of sp³-hybridized carbons (Fsp3) is 1.00. The van der Waals surface area contributed by atoms with Crippen LogP contribution < -0.4 is 10.8 Å². The van der Waals surface area contributed by atoms with Crippen molar-refractivity contribution in [1.82, 2.24) is 0 Å². The van der Waals surface area contributed by atoms with E-state index in [1.54, 1.807) is 0 Å². The fourth-order valence-electron chi connectivity index (χ4n) is 1.09. The molecule has 8 heavy (non-hydrogen) atoms. The summed E-state index contributed by atoms with van der Waals surface area (Å²) < 4.78 is 0. The molecule has 2 heteroatoms. The topological polar surface area (TPSA) is 49.1 Å². The lowest BCUT2D eigenvalue weighted by Crippen LogP contribution is -2.35.